The zero-order valence-electron chi connectivity index (χ0n) is 13.7. The molecule has 0 spiro atoms. The molecular formula is C20H26O3. The summed E-state index contributed by atoms with van der Waals surface area (Å²) in [6, 6.07) is 8.68. The van der Waals surface area contributed by atoms with Crippen LogP contribution in [0.5, 0.6) is 5.75 Å². The van der Waals surface area contributed by atoms with E-state index in [1.54, 1.807) is 0 Å². The van der Waals surface area contributed by atoms with E-state index in [0.29, 0.717) is 18.4 Å². The van der Waals surface area contributed by atoms with Crippen LogP contribution in [0.4, 0.5) is 0 Å². The van der Waals surface area contributed by atoms with Gasteiger partial charge in [0.25, 0.3) is 0 Å². The van der Waals surface area contributed by atoms with Crippen LogP contribution in [0.15, 0.2) is 24.3 Å². The van der Waals surface area contributed by atoms with Crippen LogP contribution in [0.3, 0.4) is 0 Å². The van der Waals surface area contributed by atoms with Crippen LogP contribution in [-0.4, -0.2) is 17.7 Å². The van der Waals surface area contributed by atoms with Crippen LogP contribution < -0.4 is 4.74 Å². The SMILES string of the molecule is O=C(O)CCCOc1ccc(C23CC4CC(CC(C4)C2)C3)cc1. The molecule has 4 saturated carbocycles. The fourth-order valence-electron chi connectivity index (χ4n) is 5.78. The van der Waals surface area contributed by atoms with E-state index >= 15 is 0 Å². The van der Waals surface area contributed by atoms with Crippen molar-refractivity contribution in [1.82, 2.24) is 0 Å². The maximum atomic E-state index is 10.5. The maximum absolute atomic E-state index is 10.5. The molecule has 4 fully saturated rings. The first-order valence-corrected chi connectivity index (χ1v) is 9.08. The third-order valence-electron chi connectivity index (χ3n) is 6.31. The summed E-state index contributed by atoms with van der Waals surface area (Å²) in [5.41, 5.74) is 1.95. The van der Waals surface area contributed by atoms with E-state index in [0.717, 1.165) is 23.5 Å². The summed E-state index contributed by atoms with van der Waals surface area (Å²) in [4.78, 5) is 10.5. The normalized spacial score (nSPS) is 34.5. The molecule has 0 aromatic heterocycles. The highest BCUT2D eigenvalue weighted by Gasteiger charge is 2.51. The van der Waals surface area contributed by atoms with Gasteiger partial charge in [-0.3, -0.25) is 4.79 Å². The Hall–Kier alpha value is -1.51. The molecule has 1 aromatic rings. The van der Waals surface area contributed by atoms with E-state index in [1.807, 2.05) is 0 Å². The van der Waals surface area contributed by atoms with Gasteiger partial charge in [-0.25, -0.2) is 0 Å². The smallest absolute Gasteiger partial charge is 0.303 e. The maximum Gasteiger partial charge on any atom is 0.303 e. The van der Waals surface area contributed by atoms with Crippen molar-refractivity contribution < 1.29 is 14.6 Å². The zero-order chi connectivity index (χ0) is 15.9. The molecule has 4 aliphatic carbocycles. The lowest BCUT2D eigenvalue weighted by Crippen LogP contribution is -2.48. The van der Waals surface area contributed by atoms with Crippen molar-refractivity contribution in [3.05, 3.63) is 29.8 Å². The number of carboxylic acid groups (broad SMARTS) is 1. The van der Waals surface area contributed by atoms with Gasteiger partial charge in [0.2, 0.25) is 0 Å². The van der Waals surface area contributed by atoms with Gasteiger partial charge in [0, 0.05) is 6.42 Å². The van der Waals surface area contributed by atoms with Crippen molar-refractivity contribution in [3.8, 4) is 5.75 Å². The predicted octanol–water partition coefficient (Wildman–Crippen LogP) is 4.40. The second kappa shape index (κ2) is 5.85. The number of hydrogen-bond donors (Lipinski definition) is 1. The van der Waals surface area contributed by atoms with E-state index in [-0.39, 0.29) is 6.42 Å². The van der Waals surface area contributed by atoms with Crippen molar-refractivity contribution in [1.29, 1.82) is 0 Å². The van der Waals surface area contributed by atoms with Gasteiger partial charge < -0.3 is 9.84 Å². The van der Waals surface area contributed by atoms with Gasteiger partial charge in [-0.2, -0.15) is 0 Å². The molecule has 1 N–H and O–H groups in total. The monoisotopic (exact) mass is 314 g/mol. The first kappa shape index (κ1) is 15.0. The molecule has 3 nitrogen and oxygen atoms in total. The fourth-order valence-corrected chi connectivity index (χ4v) is 5.78. The number of hydrogen-bond acceptors (Lipinski definition) is 2. The van der Waals surface area contributed by atoms with Crippen molar-refractivity contribution in [2.45, 2.75) is 56.8 Å². The van der Waals surface area contributed by atoms with Crippen LogP contribution in [-0.2, 0) is 10.2 Å². The number of aliphatic carboxylic acids is 1. The number of carboxylic acids is 1. The molecule has 4 bridgehead atoms. The summed E-state index contributed by atoms with van der Waals surface area (Å²) in [5.74, 6) is 3.00. The summed E-state index contributed by atoms with van der Waals surface area (Å²) in [7, 11) is 0. The van der Waals surface area contributed by atoms with Gasteiger partial charge >= 0.3 is 5.97 Å². The Labute approximate surface area is 138 Å². The third kappa shape index (κ3) is 2.98. The molecule has 0 unspecified atom stereocenters. The number of carbonyl (C=O) groups is 1. The number of ether oxygens (including phenoxy) is 1. The van der Waals surface area contributed by atoms with E-state index in [9.17, 15) is 4.79 Å². The van der Waals surface area contributed by atoms with E-state index in [1.165, 1.54) is 44.1 Å². The summed E-state index contributed by atoms with van der Waals surface area (Å²) >= 11 is 0. The average Bonchev–Trinajstić information content (AvgIpc) is 2.51. The number of benzene rings is 1. The lowest BCUT2D eigenvalue weighted by Gasteiger charge is -2.57. The Balaban J connectivity index is 1.41. The largest absolute Gasteiger partial charge is 0.494 e. The standard InChI is InChI=1S/C20H26O3/c21-19(22)2-1-7-23-18-5-3-17(4-6-18)20-11-14-8-15(12-20)10-16(9-14)13-20/h3-6,14-16H,1-2,7-13H2,(H,21,22). The van der Waals surface area contributed by atoms with Crippen LogP contribution in [0.2, 0.25) is 0 Å². The molecule has 1 aromatic carbocycles. The first-order chi connectivity index (χ1) is 11.1. The first-order valence-electron chi connectivity index (χ1n) is 9.08. The Morgan fingerprint density at radius 3 is 2.13 bits per heavy atom. The summed E-state index contributed by atoms with van der Waals surface area (Å²) < 4.78 is 5.67. The van der Waals surface area contributed by atoms with Gasteiger partial charge in [-0.15, -0.1) is 0 Å². The van der Waals surface area contributed by atoms with E-state index in [4.69, 9.17) is 9.84 Å². The summed E-state index contributed by atoms with van der Waals surface area (Å²) in [6.07, 6.45) is 9.32. The second-order valence-electron chi connectivity index (χ2n) is 8.07. The quantitative estimate of drug-likeness (QED) is 0.792. The second-order valence-corrected chi connectivity index (χ2v) is 8.07. The highest BCUT2D eigenvalue weighted by atomic mass is 16.5. The number of rotatable bonds is 6. The molecule has 0 aliphatic heterocycles. The summed E-state index contributed by atoms with van der Waals surface area (Å²) in [6.45, 7) is 0.475. The van der Waals surface area contributed by atoms with E-state index < -0.39 is 5.97 Å². The van der Waals surface area contributed by atoms with Crippen LogP contribution in [0.25, 0.3) is 0 Å². The van der Waals surface area contributed by atoms with Gasteiger partial charge in [-0.1, -0.05) is 12.1 Å². The Kier molecular flexibility index (Phi) is 3.82. The van der Waals surface area contributed by atoms with Gasteiger partial charge in [0.05, 0.1) is 6.61 Å². The minimum atomic E-state index is -0.759. The molecule has 3 heteroatoms. The Bertz CT molecular complexity index is 540. The van der Waals surface area contributed by atoms with Crippen LogP contribution in [0.1, 0.15) is 56.9 Å². The third-order valence-corrected chi connectivity index (χ3v) is 6.31. The molecule has 0 saturated heterocycles. The van der Waals surface area contributed by atoms with Crippen molar-refractivity contribution in [3.63, 3.8) is 0 Å². The highest BCUT2D eigenvalue weighted by Crippen LogP contribution is 2.60. The van der Waals surface area contributed by atoms with Gasteiger partial charge in [0.15, 0.2) is 0 Å². The molecular weight excluding hydrogens is 288 g/mol. The van der Waals surface area contributed by atoms with Crippen molar-refractivity contribution in [2.24, 2.45) is 17.8 Å². The zero-order valence-corrected chi connectivity index (χ0v) is 13.7. The molecule has 0 heterocycles. The molecule has 124 valence electrons. The van der Waals surface area contributed by atoms with Crippen molar-refractivity contribution in [2.75, 3.05) is 6.61 Å². The fraction of sp³-hybridized carbons (Fsp3) is 0.650. The van der Waals surface area contributed by atoms with Gasteiger partial charge in [-0.05, 0) is 85.8 Å². The molecule has 0 atom stereocenters. The van der Waals surface area contributed by atoms with E-state index in [2.05, 4.69) is 24.3 Å². The highest BCUT2D eigenvalue weighted by molar-refractivity contribution is 5.66. The van der Waals surface area contributed by atoms with Gasteiger partial charge in [0.1, 0.15) is 5.75 Å². The molecule has 23 heavy (non-hydrogen) atoms. The minimum Gasteiger partial charge on any atom is -0.494 e. The molecule has 0 amide bonds. The lowest BCUT2D eigenvalue weighted by molar-refractivity contribution is -0.137. The minimum absolute atomic E-state index is 0.172. The topological polar surface area (TPSA) is 46.5 Å². The van der Waals surface area contributed by atoms with Crippen LogP contribution in [0, 0.1) is 17.8 Å². The molecule has 4 aliphatic rings. The average molecular weight is 314 g/mol. The Morgan fingerprint density at radius 1 is 1.04 bits per heavy atom. The Morgan fingerprint density at radius 2 is 1.61 bits per heavy atom. The molecule has 5 rings (SSSR count). The summed E-state index contributed by atoms with van der Waals surface area (Å²) in [5, 5.41) is 8.64. The van der Waals surface area contributed by atoms with Crippen LogP contribution >= 0.6 is 0 Å². The van der Waals surface area contributed by atoms with Crippen molar-refractivity contribution >= 4 is 5.97 Å². The lowest BCUT2D eigenvalue weighted by atomic mass is 9.48. The predicted molar refractivity (Wildman–Crippen MR) is 88.7 cm³/mol. The molecule has 0 radical (unpaired) electrons.